The first-order valence-electron chi connectivity index (χ1n) is 12.7. The lowest BCUT2D eigenvalue weighted by atomic mass is 10.0. The van der Waals surface area contributed by atoms with Gasteiger partial charge in [-0.1, -0.05) is 17.7 Å². The Bertz CT molecular complexity index is 1280. The molecule has 10 heteroatoms. The maximum absolute atomic E-state index is 12.5. The average Bonchev–Trinajstić information content (AvgIpc) is 3.37. The van der Waals surface area contributed by atoms with Crippen LogP contribution >= 0.6 is 11.6 Å². The highest BCUT2D eigenvalue weighted by atomic mass is 35.5. The number of nitrogens with zero attached hydrogens (tertiary/aromatic N) is 4. The lowest BCUT2D eigenvalue weighted by Crippen LogP contribution is -2.32. The van der Waals surface area contributed by atoms with E-state index in [1.807, 2.05) is 0 Å². The second-order valence-corrected chi connectivity index (χ2v) is 9.83. The topological polar surface area (TPSA) is 104 Å². The van der Waals surface area contributed by atoms with E-state index in [-0.39, 0.29) is 17.4 Å². The van der Waals surface area contributed by atoms with Crippen LogP contribution in [0.5, 0.6) is 5.88 Å². The Hall–Kier alpha value is -3.43. The van der Waals surface area contributed by atoms with Crippen molar-refractivity contribution in [3.8, 4) is 5.88 Å². The molecule has 1 fully saturated rings. The molecule has 3 N–H and O–H groups in total. The Labute approximate surface area is 222 Å². The minimum absolute atomic E-state index is 0.199. The van der Waals surface area contributed by atoms with Crippen LogP contribution in [0.4, 0.5) is 23.1 Å². The van der Waals surface area contributed by atoms with Crippen LogP contribution in [0.1, 0.15) is 47.2 Å². The van der Waals surface area contributed by atoms with E-state index in [1.54, 1.807) is 19.3 Å². The summed E-state index contributed by atoms with van der Waals surface area (Å²) in [5, 5.41) is 9.38. The molecule has 1 atom stereocenters. The summed E-state index contributed by atoms with van der Waals surface area (Å²) in [5.74, 6) is 0.622. The minimum Gasteiger partial charge on any atom is -0.480 e. The molecule has 1 aliphatic carbocycles. The average molecular weight is 522 g/mol. The smallest absolute Gasteiger partial charge is 0.258 e. The molecule has 2 aromatic heterocycles. The monoisotopic (exact) mass is 521 g/mol. The molecule has 0 radical (unpaired) electrons. The van der Waals surface area contributed by atoms with E-state index in [1.165, 1.54) is 63.2 Å². The molecule has 5 rings (SSSR count). The highest BCUT2D eigenvalue weighted by Crippen LogP contribution is 2.31. The summed E-state index contributed by atoms with van der Waals surface area (Å²) >= 11 is 6.40. The summed E-state index contributed by atoms with van der Waals surface area (Å²) in [6.45, 7) is 2.49. The molecule has 9 nitrogen and oxygen atoms in total. The third-order valence-corrected chi connectivity index (χ3v) is 7.45. The van der Waals surface area contributed by atoms with Crippen molar-refractivity contribution in [3.05, 3.63) is 58.4 Å². The van der Waals surface area contributed by atoms with E-state index >= 15 is 0 Å². The van der Waals surface area contributed by atoms with Crippen molar-refractivity contribution in [2.45, 2.75) is 44.6 Å². The number of methoxy groups -OCH3 is 1. The number of hydrogen-bond acceptors (Lipinski definition) is 8. The molecule has 2 aliphatic rings. The number of rotatable bonds is 7. The summed E-state index contributed by atoms with van der Waals surface area (Å²) < 4.78 is 5.28. The number of anilines is 4. The summed E-state index contributed by atoms with van der Waals surface area (Å²) in [6.07, 6.45) is 10.4. The third kappa shape index (κ3) is 5.62. The molecule has 194 valence electrons. The number of aryl methyl sites for hydroxylation is 2. The maximum Gasteiger partial charge on any atom is 0.258 e. The molecule has 37 heavy (non-hydrogen) atoms. The molecule has 0 spiro atoms. The van der Waals surface area contributed by atoms with Gasteiger partial charge in [0.1, 0.15) is 10.6 Å². The van der Waals surface area contributed by atoms with Crippen molar-refractivity contribution in [3.63, 3.8) is 0 Å². The van der Waals surface area contributed by atoms with Crippen molar-refractivity contribution in [2.24, 2.45) is 0 Å². The molecule has 1 aromatic carbocycles. The van der Waals surface area contributed by atoms with Gasteiger partial charge in [0.15, 0.2) is 5.82 Å². The number of halogens is 1. The van der Waals surface area contributed by atoms with Crippen LogP contribution in [0, 0.1) is 0 Å². The zero-order chi connectivity index (χ0) is 25.8. The Balaban J connectivity index is 1.34. The fourth-order valence-electron chi connectivity index (χ4n) is 5.26. The molecular formula is C27H32ClN7O2. The number of benzene rings is 1. The van der Waals surface area contributed by atoms with Crippen LogP contribution in [0.3, 0.4) is 0 Å². The molecule has 3 aromatic rings. The van der Waals surface area contributed by atoms with Gasteiger partial charge >= 0.3 is 0 Å². The van der Waals surface area contributed by atoms with Crippen molar-refractivity contribution in [2.75, 3.05) is 37.9 Å². The van der Waals surface area contributed by atoms with Crippen LogP contribution in [0.2, 0.25) is 5.02 Å². The van der Waals surface area contributed by atoms with Crippen molar-refractivity contribution in [1.29, 1.82) is 0 Å². The summed E-state index contributed by atoms with van der Waals surface area (Å²) in [4.78, 5) is 28.2. The Morgan fingerprint density at radius 1 is 1.08 bits per heavy atom. The summed E-state index contributed by atoms with van der Waals surface area (Å²) in [6, 6.07) is 8.87. The third-order valence-electron chi connectivity index (χ3n) is 7.17. The van der Waals surface area contributed by atoms with Gasteiger partial charge in [-0.2, -0.15) is 4.98 Å². The van der Waals surface area contributed by atoms with E-state index in [0.717, 1.165) is 18.5 Å². The van der Waals surface area contributed by atoms with Gasteiger partial charge in [-0.05, 0) is 80.9 Å². The lowest BCUT2D eigenvalue weighted by Gasteiger charge is -2.25. The van der Waals surface area contributed by atoms with Crippen LogP contribution < -0.4 is 20.7 Å². The molecular weight excluding hydrogens is 490 g/mol. The van der Waals surface area contributed by atoms with E-state index in [2.05, 4.69) is 54.0 Å². The number of carbonyl (C=O) groups excluding carboxylic acids is 1. The summed E-state index contributed by atoms with van der Waals surface area (Å²) in [7, 11) is 3.01. The number of amides is 1. The molecule has 3 heterocycles. The Morgan fingerprint density at radius 3 is 2.62 bits per heavy atom. The predicted molar refractivity (Wildman–Crippen MR) is 145 cm³/mol. The van der Waals surface area contributed by atoms with E-state index < -0.39 is 0 Å². The first-order valence-corrected chi connectivity index (χ1v) is 13.1. The highest BCUT2D eigenvalue weighted by Gasteiger charge is 2.24. The van der Waals surface area contributed by atoms with Gasteiger partial charge in [0.25, 0.3) is 5.91 Å². The van der Waals surface area contributed by atoms with Crippen LogP contribution in [-0.4, -0.2) is 59.0 Å². The number of aromatic nitrogens is 3. The Kier molecular flexibility index (Phi) is 7.71. The largest absolute Gasteiger partial charge is 0.480 e. The fourth-order valence-corrected chi connectivity index (χ4v) is 5.40. The van der Waals surface area contributed by atoms with E-state index in [9.17, 15) is 4.79 Å². The number of ether oxygens (including phenoxy) is 1. The molecule has 1 aliphatic heterocycles. The van der Waals surface area contributed by atoms with Gasteiger partial charge in [0.05, 0.1) is 19.0 Å². The zero-order valence-electron chi connectivity index (χ0n) is 21.2. The molecule has 1 saturated heterocycles. The maximum atomic E-state index is 12.5. The number of hydrogen-bond donors (Lipinski definition) is 3. The summed E-state index contributed by atoms with van der Waals surface area (Å²) in [5.41, 5.74) is 4.48. The second kappa shape index (κ2) is 11.3. The van der Waals surface area contributed by atoms with Gasteiger partial charge in [0.2, 0.25) is 11.8 Å². The minimum atomic E-state index is -0.340. The number of fused-ring (bicyclic) bond motifs is 1. The molecule has 0 unspecified atom stereocenters. The quantitative estimate of drug-likeness (QED) is 0.383. The number of likely N-dealkylation sites (tertiary alicyclic amines) is 1. The second-order valence-electron chi connectivity index (χ2n) is 9.42. The lowest BCUT2D eigenvalue weighted by molar-refractivity contribution is 0.0960. The highest BCUT2D eigenvalue weighted by molar-refractivity contribution is 6.33. The van der Waals surface area contributed by atoms with Gasteiger partial charge in [-0.3, -0.25) is 4.79 Å². The van der Waals surface area contributed by atoms with Crippen molar-refractivity contribution >= 4 is 40.6 Å². The Morgan fingerprint density at radius 2 is 1.86 bits per heavy atom. The first kappa shape index (κ1) is 25.2. The zero-order valence-corrected chi connectivity index (χ0v) is 21.9. The van der Waals surface area contributed by atoms with Crippen LogP contribution in [0.25, 0.3) is 0 Å². The van der Waals surface area contributed by atoms with E-state index in [0.29, 0.717) is 28.5 Å². The van der Waals surface area contributed by atoms with Gasteiger partial charge < -0.3 is 25.6 Å². The standard InChI is InChI=1S/C27H32ClN7O2/c1-29-25(36)23-22(11-12-30-26(23)37-2)33-24-21(28)16-31-27(34-24)32-19-8-5-17-6-9-20(10-7-18(17)15-19)35-13-3-4-14-35/h5,8,11-12,15-16,20H,3-4,6-7,9-10,13-14H2,1-2H3,(H,29,36)(H2,30,31,32,33,34)/t20-/m0/s1. The van der Waals surface area contributed by atoms with E-state index in [4.69, 9.17) is 16.3 Å². The number of nitrogens with one attached hydrogen (secondary N) is 3. The molecule has 1 amide bonds. The van der Waals surface area contributed by atoms with Gasteiger partial charge in [0, 0.05) is 25.0 Å². The molecule has 0 saturated carbocycles. The van der Waals surface area contributed by atoms with Gasteiger partial charge in [-0.25, -0.2) is 9.97 Å². The van der Waals surface area contributed by atoms with Crippen LogP contribution in [0.15, 0.2) is 36.7 Å². The van der Waals surface area contributed by atoms with Crippen molar-refractivity contribution in [1.82, 2.24) is 25.2 Å². The number of pyridine rings is 1. The van der Waals surface area contributed by atoms with Crippen LogP contribution in [-0.2, 0) is 12.8 Å². The fraction of sp³-hybridized carbons (Fsp3) is 0.407. The van der Waals surface area contributed by atoms with Gasteiger partial charge in [-0.15, -0.1) is 0 Å². The normalized spacial score (nSPS) is 17.5. The SMILES string of the molecule is CNC(=O)c1c(Nc2nc(Nc3ccc4c(c3)CC[C@@H](N3CCCC3)CC4)ncc2Cl)ccnc1OC. The number of carbonyl (C=O) groups is 1. The first-order chi connectivity index (χ1) is 18.1. The predicted octanol–water partition coefficient (Wildman–Crippen LogP) is 4.72. The molecule has 0 bridgehead atoms. The van der Waals surface area contributed by atoms with Crippen molar-refractivity contribution < 1.29 is 9.53 Å².